The zero-order valence-corrected chi connectivity index (χ0v) is 10.4. The van der Waals surface area contributed by atoms with Gasteiger partial charge in [0.05, 0.1) is 7.11 Å². The van der Waals surface area contributed by atoms with Gasteiger partial charge in [-0.2, -0.15) is 0 Å². The van der Waals surface area contributed by atoms with E-state index in [0.29, 0.717) is 6.42 Å². The van der Waals surface area contributed by atoms with E-state index in [2.05, 4.69) is 16.7 Å². The van der Waals surface area contributed by atoms with E-state index in [1.165, 1.54) is 20.0 Å². The monoisotopic (exact) mass is 229 g/mol. The fourth-order valence-corrected chi connectivity index (χ4v) is 2.06. The first kappa shape index (κ1) is 13.5. The van der Waals surface area contributed by atoms with Crippen molar-refractivity contribution in [2.75, 3.05) is 40.5 Å². The Hall–Kier alpha value is -0.610. The summed E-state index contributed by atoms with van der Waals surface area (Å²) in [4.78, 5) is 13.2. The summed E-state index contributed by atoms with van der Waals surface area (Å²) >= 11 is 0. The zero-order valence-electron chi connectivity index (χ0n) is 10.4. The second kappa shape index (κ2) is 7.63. The fraction of sp³-hybridized carbons (Fsp3) is 0.917. The summed E-state index contributed by atoms with van der Waals surface area (Å²) < 4.78 is 9.94. The summed E-state index contributed by atoms with van der Waals surface area (Å²) in [5.74, 6) is 0.649. The van der Waals surface area contributed by atoms with Gasteiger partial charge in [-0.1, -0.05) is 0 Å². The standard InChI is InChI=1S/C12H23NO3/c1-13(7-3-4-12(14)15-2)10-11-5-8-16-9-6-11/h11H,3-10H2,1-2H3. The van der Waals surface area contributed by atoms with Gasteiger partial charge in [0.2, 0.25) is 0 Å². The molecule has 1 saturated heterocycles. The Labute approximate surface area is 97.9 Å². The van der Waals surface area contributed by atoms with Gasteiger partial charge in [-0.3, -0.25) is 4.79 Å². The second-order valence-electron chi connectivity index (χ2n) is 4.50. The Morgan fingerprint density at radius 1 is 1.44 bits per heavy atom. The number of carbonyl (C=O) groups is 1. The first-order chi connectivity index (χ1) is 7.72. The molecule has 1 fully saturated rings. The first-order valence-electron chi connectivity index (χ1n) is 6.05. The Bertz CT molecular complexity index is 202. The molecule has 1 aliphatic rings. The van der Waals surface area contributed by atoms with Crippen LogP contribution in [0.2, 0.25) is 0 Å². The van der Waals surface area contributed by atoms with Crippen molar-refractivity contribution in [3.05, 3.63) is 0 Å². The van der Waals surface area contributed by atoms with E-state index in [0.717, 1.165) is 38.6 Å². The molecule has 1 aliphatic heterocycles. The third-order valence-electron chi connectivity index (χ3n) is 3.06. The lowest BCUT2D eigenvalue weighted by Crippen LogP contribution is -2.30. The number of rotatable bonds is 6. The van der Waals surface area contributed by atoms with Crippen molar-refractivity contribution in [3.8, 4) is 0 Å². The molecule has 0 saturated carbocycles. The smallest absolute Gasteiger partial charge is 0.305 e. The van der Waals surface area contributed by atoms with Crippen LogP contribution in [0.1, 0.15) is 25.7 Å². The van der Waals surface area contributed by atoms with Gasteiger partial charge in [0, 0.05) is 26.2 Å². The zero-order chi connectivity index (χ0) is 11.8. The quantitative estimate of drug-likeness (QED) is 0.643. The van der Waals surface area contributed by atoms with Gasteiger partial charge >= 0.3 is 5.97 Å². The Morgan fingerprint density at radius 2 is 2.12 bits per heavy atom. The number of nitrogens with zero attached hydrogens (tertiary/aromatic N) is 1. The van der Waals surface area contributed by atoms with Crippen molar-refractivity contribution < 1.29 is 14.3 Å². The fourth-order valence-electron chi connectivity index (χ4n) is 2.06. The summed E-state index contributed by atoms with van der Waals surface area (Å²) in [6.07, 6.45) is 3.74. The van der Waals surface area contributed by atoms with E-state index >= 15 is 0 Å². The van der Waals surface area contributed by atoms with Crippen LogP contribution >= 0.6 is 0 Å². The van der Waals surface area contributed by atoms with Gasteiger partial charge in [-0.15, -0.1) is 0 Å². The highest BCUT2D eigenvalue weighted by molar-refractivity contribution is 5.69. The molecule has 0 unspecified atom stereocenters. The van der Waals surface area contributed by atoms with E-state index in [-0.39, 0.29) is 5.97 Å². The molecular formula is C12H23NO3. The molecule has 0 aromatic carbocycles. The minimum Gasteiger partial charge on any atom is -0.469 e. The van der Waals surface area contributed by atoms with Gasteiger partial charge in [-0.05, 0) is 38.8 Å². The normalized spacial score (nSPS) is 17.7. The summed E-state index contributed by atoms with van der Waals surface area (Å²) in [5.41, 5.74) is 0. The third kappa shape index (κ3) is 5.47. The van der Waals surface area contributed by atoms with Crippen LogP contribution in [-0.2, 0) is 14.3 Å². The Balaban J connectivity index is 2.05. The summed E-state index contributed by atoms with van der Waals surface area (Å²) in [7, 11) is 3.56. The molecule has 4 heteroatoms. The van der Waals surface area contributed by atoms with Crippen molar-refractivity contribution in [2.24, 2.45) is 5.92 Å². The highest BCUT2D eigenvalue weighted by atomic mass is 16.5. The van der Waals surface area contributed by atoms with Crippen LogP contribution in [0.15, 0.2) is 0 Å². The maximum absolute atomic E-state index is 10.9. The number of esters is 1. The number of methoxy groups -OCH3 is 1. The van der Waals surface area contributed by atoms with Gasteiger partial charge < -0.3 is 14.4 Å². The highest BCUT2D eigenvalue weighted by Gasteiger charge is 2.15. The molecule has 0 atom stereocenters. The number of hydrogen-bond acceptors (Lipinski definition) is 4. The SMILES string of the molecule is COC(=O)CCCN(C)CC1CCOCC1. The molecule has 16 heavy (non-hydrogen) atoms. The molecule has 0 spiro atoms. The van der Waals surface area contributed by atoms with Crippen LogP contribution in [-0.4, -0.2) is 51.3 Å². The van der Waals surface area contributed by atoms with E-state index in [1.54, 1.807) is 0 Å². The molecule has 0 aromatic heterocycles. The van der Waals surface area contributed by atoms with Crippen LogP contribution < -0.4 is 0 Å². The number of carbonyl (C=O) groups excluding carboxylic acids is 1. The largest absolute Gasteiger partial charge is 0.469 e. The lowest BCUT2D eigenvalue weighted by atomic mass is 10.00. The second-order valence-corrected chi connectivity index (χ2v) is 4.50. The highest BCUT2D eigenvalue weighted by Crippen LogP contribution is 2.15. The maximum Gasteiger partial charge on any atom is 0.305 e. The molecule has 0 aromatic rings. The molecule has 94 valence electrons. The van der Waals surface area contributed by atoms with E-state index in [1.807, 2.05) is 0 Å². The molecule has 4 nitrogen and oxygen atoms in total. The molecule has 0 aliphatic carbocycles. The van der Waals surface area contributed by atoms with Gasteiger partial charge in [0.25, 0.3) is 0 Å². The predicted molar refractivity (Wildman–Crippen MR) is 62.3 cm³/mol. The predicted octanol–water partition coefficient (Wildman–Crippen LogP) is 1.30. The summed E-state index contributed by atoms with van der Waals surface area (Å²) in [6.45, 7) is 3.89. The maximum atomic E-state index is 10.9. The lowest BCUT2D eigenvalue weighted by Gasteiger charge is -2.26. The third-order valence-corrected chi connectivity index (χ3v) is 3.06. The van der Waals surface area contributed by atoms with E-state index in [9.17, 15) is 4.79 Å². The lowest BCUT2D eigenvalue weighted by molar-refractivity contribution is -0.140. The Morgan fingerprint density at radius 3 is 2.75 bits per heavy atom. The molecular weight excluding hydrogens is 206 g/mol. The Kier molecular flexibility index (Phi) is 6.42. The van der Waals surface area contributed by atoms with Gasteiger partial charge in [-0.25, -0.2) is 0 Å². The van der Waals surface area contributed by atoms with Crippen molar-refractivity contribution in [3.63, 3.8) is 0 Å². The molecule has 0 amide bonds. The van der Waals surface area contributed by atoms with Crippen LogP contribution in [0.3, 0.4) is 0 Å². The molecule has 0 radical (unpaired) electrons. The minimum atomic E-state index is -0.112. The van der Waals surface area contributed by atoms with Gasteiger partial charge in [0.1, 0.15) is 0 Å². The van der Waals surface area contributed by atoms with Crippen molar-refractivity contribution in [1.82, 2.24) is 4.90 Å². The van der Waals surface area contributed by atoms with Crippen LogP contribution in [0.4, 0.5) is 0 Å². The summed E-state index contributed by atoms with van der Waals surface area (Å²) in [6, 6.07) is 0. The van der Waals surface area contributed by atoms with Crippen molar-refractivity contribution in [2.45, 2.75) is 25.7 Å². The average Bonchev–Trinajstić information content (AvgIpc) is 2.30. The van der Waals surface area contributed by atoms with Crippen molar-refractivity contribution >= 4 is 5.97 Å². The van der Waals surface area contributed by atoms with Gasteiger partial charge in [0.15, 0.2) is 0 Å². The van der Waals surface area contributed by atoms with Crippen LogP contribution in [0, 0.1) is 5.92 Å². The molecule has 0 bridgehead atoms. The number of ether oxygens (including phenoxy) is 2. The van der Waals surface area contributed by atoms with Crippen molar-refractivity contribution in [1.29, 1.82) is 0 Å². The van der Waals surface area contributed by atoms with Crippen LogP contribution in [0.5, 0.6) is 0 Å². The molecule has 1 rings (SSSR count). The average molecular weight is 229 g/mol. The minimum absolute atomic E-state index is 0.112. The van der Waals surface area contributed by atoms with Crippen LogP contribution in [0.25, 0.3) is 0 Å². The number of hydrogen-bond donors (Lipinski definition) is 0. The topological polar surface area (TPSA) is 38.8 Å². The first-order valence-corrected chi connectivity index (χ1v) is 6.05. The molecule has 1 heterocycles. The molecule has 0 N–H and O–H groups in total. The van der Waals surface area contributed by atoms with E-state index in [4.69, 9.17) is 4.74 Å². The van der Waals surface area contributed by atoms with E-state index < -0.39 is 0 Å². The summed E-state index contributed by atoms with van der Waals surface area (Å²) in [5, 5.41) is 0.